The molecule has 1 heterocycles. The maximum atomic E-state index is 12.8. The van der Waals surface area contributed by atoms with Gasteiger partial charge in [-0.2, -0.15) is 0 Å². The predicted molar refractivity (Wildman–Crippen MR) is 88.9 cm³/mol. The first-order valence-corrected chi connectivity index (χ1v) is 7.85. The molecular weight excluding hydrogens is 319 g/mol. The highest BCUT2D eigenvalue weighted by Gasteiger charge is 2.52. The van der Waals surface area contributed by atoms with Crippen LogP contribution in [0.15, 0.2) is 48.5 Å². The van der Waals surface area contributed by atoms with Crippen LogP contribution in [-0.2, 0) is 10.2 Å². The Morgan fingerprint density at radius 2 is 1.82 bits per heavy atom. The number of carbonyl (C=O) groups is 1. The lowest BCUT2D eigenvalue weighted by Gasteiger charge is -2.32. The number of hydrogen-bond acceptors (Lipinski definition) is 2. The second-order valence-electron chi connectivity index (χ2n) is 6.20. The summed E-state index contributed by atoms with van der Waals surface area (Å²) >= 11 is 12.6. The van der Waals surface area contributed by atoms with E-state index in [0.717, 1.165) is 11.1 Å². The van der Waals surface area contributed by atoms with Crippen LogP contribution < -0.4 is 4.74 Å². The highest BCUT2D eigenvalue weighted by atomic mass is 35.5. The van der Waals surface area contributed by atoms with E-state index in [9.17, 15) is 4.79 Å². The quantitative estimate of drug-likeness (QED) is 0.451. The molecule has 0 fully saturated rings. The molecule has 114 valence electrons. The Morgan fingerprint density at radius 1 is 1.14 bits per heavy atom. The molecule has 2 aromatic rings. The topological polar surface area (TPSA) is 26.3 Å². The van der Waals surface area contributed by atoms with Gasteiger partial charge in [0.25, 0.3) is 0 Å². The molecule has 0 aromatic heterocycles. The van der Waals surface area contributed by atoms with E-state index >= 15 is 0 Å². The third kappa shape index (κ3) is 2.51. The van der Waals surface area contributed by atoms with E-state index in [0.29, 0.717) is 17.2 Å². The normalized spacial score (nSPS) is 20.6. The predicted octanol–water partition coefficient (Wildman–Crippen LogP) is 4.95. The van der Waals surface area contributed by atoms with Gasteiger partial charge in [-0.3, -0.25) is 4.79 Å². The first-order chi connectivity index (χ1) is 10.3. The molecular formula is C18H16Cl2O2. The van der Waals surface area contributed by atoms with Crippen LogP contribution in [0.25, 0.3) is 0 Å². The van der Waals surface area contributed by atoms with Gasteiger partial charge in [0.05, 0.1) is 0 Å². The fraction of sp³-hybridized carbons (Fsp3) is 0.278. The van der Waals surface area contributed by atoms with Crippen molar-refractivity contribution in [3.63, 3.8) is 0 Å². The van der Waals surface area contributed by atoms with Crippen LogP contribution in [0.1, 0.15) is 31.4 Å². The van der Waals surface area contributed by atoms with E-state index in [4.69, 9.17) is 27.9 Å². The highest BCUT2D eigenvalue weighted by Crippen LogP contribution is 2.50. The summed E-state index contributed by atoms with van der Waals surface area (Å²) in [5.41, 5.74) is 0.729. The van der Waals surface area contributed by atoms with Crippen molar-refractivity contribution < 1.29 is 9.53 Å². The minimum atomic E-state index is -0.924. The number of fused-ring (bicyclic) bond motifs is 1. The minimum Gasteiger partial charge on any atom is -0.425 e. The molecule has 1 aliphatic heterocycles. The minimum absolute atomic E-state index is 0.301. The van der Waals surface area contributed by atoms with Gasteiger partial charge in [0.1, 0.15) is 11.2 Å². The molecule has 0 amide bonds. The molecule has 2 aromatic carbocycles. The van der Waals surface area contributed by atoms with E-state index in [1.807, 2.05) is 44.2 Å². The molecule has 0 bridgehead atoms. The Morgan fingerprint density at radius 3 is 2.45 bits per heavy atom. The van der Waals surface area contributed by atoms with Crippen molar-refractivity contribution in [1.82, 2.24) is 0 Å². The van der Waals surface area contributed by atoms with Gasteiger partial charge in [0.2, 0.25) is 0 Å². The maximum absolute atomic E-state index is 12.8. The molecule has 22 heavy (non-hydrogen) atoms. The third-order valence-electron chi connectivity index (χ3n) is 3.90. The van der Waals surface area contributed by atoms with Crippen molar-refractivity contribution in [3.8, 4) is 5.75 Å². The zero-order valence-corrected chi connectivity index (χ0v) is 13.9. The summed E-state index contributed by atoms with van der Waals surface area (Å²) in [6, 6.07) is 14.9. The van der Waals surface area contributed by atoms with Gasteiger partial charge in [0, 0.05) is 15.5 Å². The largest absolute Gasteiger partial charge is 0.425 e. The highest BCUT2D eigenvalue weighted by molar-refractivity contribution is 6.30. The number of carbonyl (C=O) groups excluding carboxylic acids is 1. The summed E-state index contributed by atoms with van der Waals surface area (Å²) in [5.74, 6) is 0.254. The van der Waals surface area contributed by atoms with Crippen molar-refractivity contribution in [2.24, 2.45) is 0 Å². The monoisotopic (exact) mass is 334 g/mol. The summed E-state index contributed by atoms with van der Waals surface area (Å²) in [6.45, 7) is 3.80. The van der Waals surface area contributed by atoms with Gasteiger partial charge in [-0.25, -0.2) is 0 Å². The Balaban J connectivity index is 2.28. The van der Waals surface area contributed by atoms with Crippen LogP contribution in [0.5, 0.6) is 5.75 Å². The third-order valence-corrected chi connectivity index (χ3v) is 4.27. The number of esters is 1. The SMILES string of the molecule is CC(C)(Cl)CC1(c2ccccc2)C(=O)Oc2ccc(Cl)cc21. The van der Waals surface area contributed by atoms with E-state index in [1.54, 1.807) is 18.2 Å². The molecule has 0 N–H and O–H groups in total. The fourth-order valence-electron chi connectivity index (χ4n) is 3.12. The second kappa shape index (κ2) is 5.29. The smallest absolute Gasteiger partial charge is 0.326 e. The Labute approximate surface area is 140 Å². The van der Waals surface area contributed by atoms with E-state index in [2.05, 4.69) is 0 Å². The molecule has 2 nitrogen and oxygen atoms in total. The molecule has 1 aliphatic rings. The van der Waals surface area contributed by atoms with Crippen LogP contribution in [0.2, 0.25) is 5.02 Å². The standard InChI is InChI=1S/C18H16Cl2O2/c1-17(2,20)11-18(12-6-4-3-5-7-12)14-10-13(19)8-9-15(14)22-16(18)21/h3-10H,11H2,1-2H3. The molecule has 1 unspecified atom stereocenters. The first-order valence-electron chi connectivity index (χ1n) is 7.10. The van der Waals surface area contributed by atoms with Crippen LogP contribution in [0, 0.1) is 0 Å². The van der Waals surface area contributed by atoms with E-state index < -0.39 is 10.3 Å². The molecule has 0 radical (unpaired) electrons. The number of rotatable bonds is 3. The van der Waals surface area contributed by atoms with E-state index in [-0.39, 0.29) is 5.97 Å². The number of hydrogen-bond donors (Lipinski definition) is 0. The second-order valence-corrected chi connectivity index (χ2v) is 7.66. The van der Waals surface area contributed by atoms with Gasteiger partial charge in [0.15, 0.2) is 0 Å². The van der Waals surface area contributed by atoms with Crippen LogP contribution in [-0.4, -0.2) is 10.8 Å². The molecule has 0 saturated heterocycles. The summed E-state index contributed by atoms with van der Waals surface area (Å²) in [5, 5.41) is 0.574. The molecule has 4 heteroatoms. The number of ether oxygens (including phenoxy) is 1. The lowest BCUT2D eigenvalue weighted by Crippen LogP contribution is -2.40. The van der Waals surface area contributed by atoms with Gasteiger partial charge >= 0.3 is 5.97 Å². The molecule has 0 aliphatic carbocycles. The van der Waals surface area contributed by atoms with Crippen LogP contribution in [0.4, 0.5) is 0 Å². The molecule has 1 atom stereocenters. The fourth-order valence-corrected chi connectivity index (χ4v) is 3.49. The summed E-state index contributed by atoms with van der Waals surface area (Å²) in [4.78, 5) is 12.2. The Bertz CT molecular complexity index is 720. The number of alkyl halides is 1. The average Bonchev–Trinajstić information content (AvgIpc) is 2.72. The lowest BCUT2D eigenvalue weighted by molar-refractivity contribution is -0.137. The number of halogens is 2. The van der Waals surface area contributed by atoms with Gasteiger partial charge < -0.3 is 4.74 Å². The van der Waals surface area contributed by atoms with Crippen molar-refractivity contribution in [1.29, 1.82) is 0 Å². The maximum Gasteiger partial charge on any atom is 0.326 e. The molecule has 3 rings (SSSR count). The number of benzene rings is 2. The Hall–Kier alpha value is -1.51. The molecule has 0 spiro atoms. The first kappa shape index (κ1) is 15.4. The zero-order chi connectivity index (χ0) is 16.0. The lowest BCUT2D eigenvalue weighted by atomic mass is 9.70. The summed E-state index contributed by atoms with van der Waals surface area (Å²) < 4.78 is 5.52. The summed E-state index contributed by atoms with van der Waals surface area (Å²) in [7, 11) is 0. The zero-order valence-electron chi connectivity index (χ0n) is 12.4. The Kier molecular flexibility index (Phi) is 3.70. The van der Waals surface area contributed by atoms with Crippen molar-refractivity contribution >= 4 is 29.2 Å². The van der Waals surface area contributed by atoms with Gasteiger partial charge in [-0.05, 0) is 44.0 Å². The summed E-state index contributed by atoms with van der Waals surface area (Å²) in [6.07, 6.45) is 0.428. The average molecular weight is 335 g/mol. The van der Waals surface area contributed by atoms with Crippen molar-refractivity contribution in [2.75, 3.05) is 0 Å². The van der Waals surface area contributed by atoms with Crippen molar-refractivity contribution in [2.45, 2.75) is 30.6 Å². The van der Waals surface area contributed by atoms with Crippen LogP contribution in [0.3, 0.4) is 0 Å². The van der Waals surface area contributed by atoms with Gasteiger partial charge in [-0.15, -0.1) is 11.6 Å². The van der Waals surface area contributed by atoms with Crippen LogP contribution >= 0.6 is 23.2 Å². The van der Waals surface area contributed by atoms with E-state index in [1.165, 1.54) is 0 Å². The van der Waals surface area contributed by atoms with Gasteiger partial charge in [-0.1, -0.05) is 41.9 Å². The molecule has 0 saturated carbocycles. The van der Waals surface area contributed by atoms with Crippen molar-refractivity contribution in [3.05, 3.63) is 64.7 Å².